The summed E-state index contributed by atoms with van der Waals surface area (Å²) in [7, 11) is -2.85. The van der Waals surface area contributed by atoms with Crippen molar-refractivity contribution in [1.82, 2.24) is 10.2 Å². The van der Waals surface area contributed by atoms with Crippen LogP contribution >= 0.6 is 23.2 Å². The van der Waals surface area contributed by atoms with Crippen LogP contribution in [0.25, 0.3) is 0 Å². The Kier molecular flexibility index (Phi) is 10.6. The minimum absolute atomic E-state index is 0.00475. The van der Waals surface area contributed by atoms with Gasteiger partial charge in [0.2, 0.25) is 21.8 Å². The minimum Gasteiger partial charge on any atom is -0.495 e. The smallest absolute Gasteiger partial charge is 0.271 e. The second kappa shape index (κ2) is 13.5. The summed E-state index contributed by atoms with van der Waals surface area (Å²) in [5, 5.41) is 15.0. The van der Waals surface area contributed by atoms with E-state index < -0.39 is 33.4 Å². The lowest BCUT2D eigenvalue weighted by Gasteiger charge is -2.33. The molecule has 1 N–H and O–H groups in total. The van der Waals surface area contributed by atoms with Gasteiger partial charge in [0.05, 0.1) is 28.3 Å². The summed E-state index contributed by atoms with van der Waals surface area (Å²) in [6, 6.07) is 7.34. The summed E-state index contributed by atoms with van der Waals surface area (Å²) in [6.07, 6.45) is 4.83. The first-order valence-electron chi connectivity index (χ1n) is 12.7. The molecule has 0 aliphatic heterocycles. The molecule has 1 fully saturated rings. The molecule has 0 spiro atoms. The van der Waals surface area contributed by atoms with Crippen LogP contribution in [-0.2, 0) is 26.2 Å². The molecule has 2 aromatic rings. The largest absolute Gasteiger partial charge is 0.495 e. The molecule has 11 nitrogen and oxygen atoms in total. The summed E-state index contributed by atoms with van der Waals surface area (Å²) < 4.78 is 31.8. The molecule has 40 heavy (non-hydrogen) atoms. The molecule has 2 aromatic carbocycles. The van der Waals surface area contributed by atoms with Gasteiger partial charge in [-0.05, 0) is 43.0 Å². The summed E-state index contributed by atoms with van der Waals surface area (Å²) in [5.74, 6) is -1.02. The highest BCUT2D eigenvalue weighted by Crippen LogP contribution is 2.34. The second-order valence-corrected chi connectivity index (χ2v) is 12.3. The standard InChI is InChI=1S/C26H32Cl2N4O7S/c1-4-22(26(34)29-18-7-5-6-8-18)30(15-17-9-11-20(27)21(28)13-17)25(33)16-31(40(3,37)38)23-14-19(32(35)36)10-12-24(23)39-2/h9-14,18,22H,4-8,15-16H2,1-3H3,(H,29,34). The van der Waals surface area contributed by atoms with Crippen molar-refractivity contribution < 1.29 is 27.7 Å². The number of nitrogens with one attached hydrogen (secondary N) is 1. The molecule has 1 saturated carbocycles. The molecule has 14 heteroatoms. The predicted molar refractivity (Wildman–Crippen MR) is 153 cm³/mol. The number of nitro groups is 1. The van der Waals surface area contributed by atoms with Gasteiger partial charge in [-0.15, -0.1) is 0 Å². The molecular weight excluding hydrogens is 583 g/mol. The van der Waals surface area contributed by atoms with Crippen LogP contribution in [0.5, 0.6) is 5.75 Å². The zero-order valence-corrected chi connectivity index (χ0v) is 24.8. The van der Waals surface area contributed by atoms with Gasteiger partial charge in [-0.1, -0.05) is 49.0 Å². The Bertz CT molecular complexity index is 1370. The molecule has 0 radical (unpaired) electrons. The summed E-state index contributed by atoms with van der Waals surface area (Å²) >= 11 is 12.2. The van der Waals surface area contributed by atoms with E-state index in [1.165, 1.54) is 24.1 Å². The number of carbonyl (C=O) groups excluding carboxylic acids is 2. The molecule has 0 aromatic heterocycles. The predicted octanol–water partition coefficient (Wildman–Crippen LogP) is 4.54. The van der Waals surface area contributed by atoms with E-state index in [9.17, 15) is 28.1 Å². The number of halogens is 2. The fraction of sp³-hybridized carbons (Fsp3) is 0.462. The topological polar surface area (TPSA) is 139 Å². The molecule has 1 aliphatic carbocycles. The maximum absolute atomic E-state index is 13.9. The Morgan fingerprint density at radius 3 is 2.38 bits per heavy atom. The normalized spacial score (nSPS) is 14.4. The number of amides is 2. The van der Waals surface area contributed by atoms with E-state index in [2.05, 4.69) is 5.32 Å². The first-order chi connectivity index (χ1) is 18.8. The molecule has 218 valence electrons. The van der Waals surface area contributed by atoms with E-state index in [0.717, 1.165) is 42.3 Å². The van der Waals surface area contributed by atoms with Crippen LogP contribution < -0.4 is 14.4 Å². The highest BCUT2D eigenvalue weighted by molar-refractivity contribution is 7.92. The Labute approximate surface area is 243 Å². The SMILES string of the molecule is CCC(C(=O)NC1CCCC1)N(Cc1ccc(Cl)c(Cl)c1)C(=O)CN(c1cc([N+](=O)[O-])ccc1OC)S(C)(=O)=O. The number of sulfonamides is 1. The van der Waals surface area contributed by atoms with Crippen LogP contribution in [0.3, 0.4) is 0 Å². The highest BCUT2D eigenvalue weighted by atomic mass is 35.5. The van der Waals surface area contributed by atoms with Crippen molar-refractivity contribution in [3.63, 3.8) is 0 Å². The maximum Gasteiger partial charge on any atom is 0.271 e. The third-order valence-corrected chi connectivity index (χ3v) is 8.61. The molecule has 1 atom stereocenters. The Morgan fingerprint density at radius 1 is 1.15 bits per heavy atom. The first kappa shape index (κ1) is 31.4. The number of benzene rings is 2. The quantitative estimate of drug-likeness (QED) is 0.273. The van der Waals surface area contributed by atoms with Crippen molar-refractivity contribution in [2.24, 2.45) is 0 Å². The molecule has 1 aliphatic rings. The fourth-order valence-electron chi connectivity index (χ4n) is 4.70. The van der Waals surface area contributed by atoms with E-state index in [-0.39, 0.29) is 47.1 Å². The second-order valence-electron chi connectivity index (χ2n) is 9.57. The summed E-state index contributed by atoms with van der Waals surface area (Å²) in [6.45, 7) is 0.965. The van der Waals surface area contributed by atoms with Gasteiger partial charge in [-0.2, -0.15) is 0 Å². The van der Waals surface area contributed by atoms with Gasteiger partial charge in [0.15, 0.2) is 0 Å². The van der Waals surface area contributed by atoms with Crippen LogP contribution in [0.2, 0.25) is 10.0 Å². The number of non-ortho nitro benzene ring substituents is 1. The van der Waals surface area contributed by atoms with Gasteiger partial charge in [0, 0.05) is 24.7 Å². The van der Waals surface area contributed by atoms with Gasteiger partial charge in [0.1, 0.15) is 24.0 Å². The van der Waals surface area contributed by atoms with Gasteiger partial charge in [-0.25, -0.2) is 8.42 Å². The zero-order valence-electron chi connectivity index (χ0n) is 22.4. The minimum atomic E-state index is -4.13. The molecular formula is C26H32Cl2N4O7S. The van der Waals surface area contributed by atoms with E-state index in [1.54, 1.807) is 25.1 Å². The molecule has 2 amide bonds. The van der Waals surface area contributed by atoms with Crippen LogP contribution in [0, 0.1) is 10.1 Å². The average Bonchev–Trinajstić information content (AvgIpc) is 3.41. The van der Waals surface area contributed by atoms with Crippen molar-refractivity contribution in [1.29, 1.82) is 0 Å². The summed E-state index contributed by atoms with van der Waals surface area (Å²) in [5.41, 5.74) is 0.0196. The number of carbonyl (C=O) groups is 2. The number of hydrogen-bond acceptors (Lipinski definition) is 7. The van der Waals surface area contributed by atoms with Crippen molar-refractivity contribution >= 4 is 56.4 Å². The third kappa shape index (κ3) is 7.76. The van der Waals surface area contributed by atoms with Crippen LogP contribution in [0.4, 0.5) is 11.4 Å². The summed E-state index contributed by atoms with van der Waals surface area (Å²) in [4.78, 5) is 39.3. The zero-order chi connectivity index (χ0) is 29.6. The van der Waals surface area contributed by atoms with E-state index in [1.807, 2.05) is 0 Å². The Morgan fingerprint density at radius 2 is 1.82 bits per heavy atom. The van der Waals surface area contributed by atoms with Crippen LogP contribution in [0.1, 0.15) is 44.6 Å². The Balaban J connectivity index is 2.02. The number of nitro benzene ring substituents is 1. The lowest BCUT2D eigenvalue weighted by Crippen LogP contribution is -2.53. The number of hydrogen-bond donors (Lipinski definition) is 1. The van der Waals surface area contributed by atoms with E-state index in [0.29, 0.717) is 10.6 Å². The van der Waals surface area contributed by atoms with E-state index in [4.69, 9.17) is 27.9 Å². The van der Waals surface area contributed by atoms with E-state index >= 15 is 0 Å². The average molecular weight is 616 g/mol. The molecule has 0 heterocycles. The maximum atomic E-state index is 13.9. The lowest BCUT2D eigenvalue weighted by atomic mass is 10.1. The fourth-order valence-corrected chi connectivity index (χ4v) is 5.87. The lowest BCUT2D eigenvalue weighted by molar-refractivity contribution is -0.384. The van der Waals surface area contributed by atoms with Crippen molar-refractivity contribution in [2.45, 2.75) is 57.7 Å². The van der Waals surface area contributed by atoms with Gasteiger partial charge >= 0.3 is 0 Å². The molecule has 0 saturated heterocycles. The highest BCUT2D eigenvalue weighted by Gasteiger charge is 2.34. The molecule has 3 rings (SSSR count). The number of ether oxygens (including phenoxy) is 1. The molecule has 1 unspecified atom stereocenters. The first-order valence-corrected chi connectivity index (χ1v) is 15.3. The third-order valence-electron chi connectivity index (χ3n) is 6.75. The number of nitrogens with zero attached hydrogens (tertiary/aromatic N) is 3. The van der Waals surface area contributed by atoms with Gasteiger partial charge < -0.3 is 15.0 Å². The van der Waals surface area contributed by atoms with Gasteiger partial charge in [0.25, 0.3) is 5.69 Å². The van der Waals surface area contributed by atoms with Crippen molar-refractivity contribution in [3.05, 3.63) is 62.1 Å². The number of rotatable bonds is 12. The monoisotopic (exact) mass is 614 g/mol. The van der Waals surface area contributed by atoms with Crippen molar-refractivity contribution in [3.8, 4) is 5.75 Å². The Hall–Kier alpha value is -3.09. The molecule has 0 bridgehead atoms. The van der Waals surface area contributed by atoms with Crippen LogP contribution in [-0.4, -0.2) is 62.0 Å². The van der Waals surface area contributed by atoms with Crippen LogP contribution in [0.15, 0.2) is 36.4 Å². The number of methoxy groups -OCH3 is 1. The van der Waals surface area contributed by atoms with Gasteiger partial charge in [-0.3, -0.25) is 24.0 Å². The van der Waals surface area contributed by atoms with Crippen molar-refractivity contribution in [2.75, 3.05) is 24.2 Å². The number of anilines is 1.